The summed E-state index contributed by atoms with van der Waals surface area (Å²) in [5, 5.41) is 6.46. The van der Waals surface area contributed by atoms with Crippen LogP contribution < -0.4 is 15.4 Å². The molecule has 2 aromatic carbocycles. The predicted molar refractivity (Wildman–Crippen MR) is 96.0 cm³/mol. The van der Waals surface area contributed by atoms with Crippen LogP contribution in [0.25, 0.3) is 11.1 Å². The summed E-state index contributed by atoms with van der Waals surface area (Å²) < 4.78 is 5.79. The van der Waals surface area contributed by atoms with Gasteiger partial charge in [0.25, 0.3) is 5.91 Å². The molecule has 2 aromatic rings. The number of amides is 1. The maximum Gasteiger partial charge on any atom is 0.258 e. The van der Waals surface area contributed by atoms with Crippen molar-refractivity contribution in [2.24, 2.45) is 0 Å². The molecule has 0 radical (unpaired) electrons. The van der Waals surface area contributed by atoms with E-state index in [4.69, 9.17) is 4.74 Å². The van der Waals surface area contributed by atoms with Crippen molar-refractivity contribution in [1.29, 1.82) is 0 Å². The highest BCUT2D eigenvalue weighted by Gasteiger charge is 2.20. The standard InChI is InChI=1S/C20H24N2O2/c1-15-13-17(11-12-21-15)22-20(23)14-24-19-10-6-5-9-18(19)16-7-3-2-4-8-16/h2-10,15,17,21H,11-14H2,1H3,(H,22,23). The Morgan fingerprint density at radius 3 is 2.71 bits per heavy atom. The summed E-state index contributed by atoms with van der Waals surface area (Å²) in [6.07, 6.45) is 1.93. The lowest BCUT2D eigenvalue weighted by Gasteiger charge is -2.28. The van der Waals surface area contributed by atoms with Gasteiger partial charge in [-0.2, -0.15) is 0 Å². The van der Waals surface area contributed by atoms with Crippen LogP contribution in [0.15, 0.2) is 54.6 Å². The first-order valence-corrected chi connectivity index (χ1v) is 8.52. The third-order valence-electron chi connectivity index (χ3n) is 4.32. The first-order chi connectivity index (χ1) is 11.7. The Bertz CT molecular complexity index is 672. The van der Waals surface area contributed by atoms with Crippen LogP contribution in [-0.4, -0.2) is 31.1 Å². The molecule has 1 heterocycles. The van der Waals surface area contributed by atoms with Gasteiger partial charge < -0.3 is 15.4 Å². The first-order valence-electron chi connectivity index (χ1n) is 8.52. The third kappa shape index (κ3) is 4.36. The smallest absolute Gasteiger partial charge is 0.258 e. The molecule has 0 aliphatic carbocycles. The predicted octanol–water partition coefficient (Wildman–Crippen LogP) is 2.99. The number of hydrogen-bond acceptors (Lipinski definition) is 3. The zero-order valence-electron chi connectivity index (χ0n) is 14.0. The topological polar surface area (TPSA) is 50.4 Å². The second-order valence-corrected chi connectivity index (χ2v) is 6.29. The largest absolute Gasteiger partial charge is 0.483 e. The normalized spacial score (nSPS) is 20.4. The Labute approximate surface area is 143 Å². The van der Waals surface area contributed by atoms with Crippen molar-refractivity contribution in [3.05, 3.63) is 54.6 Å². The minimum Gasteiger partial charge on any atom is -0.483 e. The lowest BCUT2D eigenvalue weighted by Crippen LogP contribution is -2.47. The van der Waals surface area contributed by atoms with Crippen LogP contribution >= 0.6 is 0 Å². The molecule has 2 atom stereocenters. The minimum atomic E-state index is -0.0584. The van der Waals surface area contributed by atoms with E-state index >= 15 is 0 Å². The van der Waals surface area contributed by atoms with Crippen molar-refractivity contribution in [3.63, 3.8) is 0 Å². The van der Waals surface area contributed by atoms with Crippen molar-refractivity contribution >= 4 is 5.91 Å². The van der Waals surface area contributed by atoms with Crippen molar-refractivity contribution in [2.75, 3.05) is 13.2 Å². The zero-order chi connectivity index (χ0) is 16.8. The van der Waals surface area contributed by atoms with Crippen LogP contribution in [0.4, 0.5) is 0 Å². The molecule has 1 saturated heterocycles. The van der Waals surface area contributed by atoms with Gasteiger partial charge in [-0.15, -0.1) is 0 Å². The molecule has 1 aliphatic rings. The van der Waals surface area contributed by atoms with Gasteiger partial charge in [-0.25, -0.2) is 0 Å². The van der Waals surface area contributed by atoms with Gasteiger partial charge in [-0.3, -0.25) is 4.79 Å². The summed E-state index contributed by atoms with van der Waals surface area (Å²) in [5.41, 5.74) is 2.09. The molecule has 2 N–H and O–H groups in total. The van der Waals surface area contributed by atoms with Gasteiger partial charge in [0.2, 0.25) is 0 Å². The van der Waals surface area contributed by atoms with Crippen LogP contribution in [0.3, 0.4) is 0 Å². The van der Waals surface area contributed by atoms with E-state index < -0.39 is 0 Å². The van der Waals surface area contributed by atoms with E-state index in [0.717, 1.165) is 36.3 Å². The summed E-state index contributed by atoms with van der Waals surface area (Å²) in [6.45, 7) is 3.14. The fourth-order valence-electron chi connectivity index (χ4n) is 3.12. The molecular weight excluding hydrogens is 300 g/mol. The molecule has 0 bridgehead atoms. The second kappa shape index (κ2) is 7.97. The lowest BCUT2D eigenvalue weighted by molar-refractivity contribution is -0.124. The number of piperidine rings is 1. The van der Waals surface area contributed by atoms with E-state index in [9.17, 15) is 4.79 Å². The Balaban J connectivity index is 1.60. The summed E-state index contributed by atoms with van der Waals surface area (Å²) in [7, 11) is 0. The monoisotopic (exact) mass is 324 g/mol. The van der Waals surface area contributed by atoms with E-state index in [1.54, 1.807) is 0 Å². The number of carbonyl (C=O) groups excluding carboxylic acids is 1. The van der Waals surface area contributed by atoms with Crippen LogP contribution in [0.5, 0.6) is 5.75 Å². The molecule has 4 nitrogen and oxygen atoms in total. The van der Waals surface area contributed by atoms with E-state index in [2.05, 4.69) is 17.6 Å². The van der Waals surface area contributed by atoms with Gasteiger partial charge in [0, 0.05) is 17.6 Å². The summed E-state index contributed by atoms with van der Waals surface area (Å²) >= 11 is 0. The maximum atomic E-state index is 12.2. The minimum absolute atomic E-state index is 0.0438. The number of nitrogens with one attached hydrogen (secondary N) is 2. The Kier molecular flexibility index (Phi) is 5.49. The molecule has 3 rings (SSSR count). The SMILES string of the molecule is CC1CC(NC(=O)COc2ccccc2-c2ccccc2)CCN1. The average Bonchev–Trinajstić information content (AvgIpc) is 2.61. The summed E-state index contributed by atoms with van der Waals surface area (Å²) in [5.74, 6) is 0.675. The van der Waals surface area contributed by atoms with Crippen molar-refractivity contribution in [1.82, 2.24) is 10.6 Å². The Morgan fingerprint density at radius 2 is 1.92 bits per heavy atom. The van der Waals surface area contributed by atoms with E-state index in [-0.39, 0.29) is 18.6 Å². The fourth-order valence-corrected chi connectivity index (χ4v) is 3.12. The van der Waals surface area contributed by atoms with Crippen LogP contribution in [0.2, 0.25) is 0 Å². The average molecular weight is 324 g/mol. The lowest BCUT2D eigenvalue weighted by atomic mass is 10.0. The molecule has 0 aromatic heterocycles. The molecule has 1 amide bonds. The van der Waals surface area contributed by atoms with Crippen molar-refractivity contribution in [3.8, 4) is 16.9 Å². The first kappa shape index (κ1) is 16.5. The number of ether oxygens (including phenoxy) is 1. The number of para-hydroxylation sites is 1. The van der Waals surface area contributed by atoms with Gasteiger partial charge in [0.05, 0.1) is 0 Å². The molecule has 0 spiro atoms. The molecule has 1 fully saturated rings. The second-order valence-electron chi connectivity index (χ2n) is 6.29. The summed E-state index contributed by atoms with van der Waals surface area (Å²) in [6, 6.07) is 18.6. The molecule has 2 unspecified atom stereocenters. The molecule has 4 heteroatoms. The van der Waals surface area contributed by atoms with Gasteiger partial charge >= 0.3 is 0 Å². The van der Waals surface area contributed by atoms with E-state index in [1.807, 2.05) is 54.6 Å². The van der Waals surface area contributed by atoms with E-state index in [1.165, 1.54) is 0 Å². The quantitative estimate of drug-likeness (QED) is 0.889. The van der Waals surface area contributed by atoms with Gasteiger partial charge in [0.15, 0.2) is 6.61 Å². The van der Waals surface area contributed by atoms with Gasteiger partial charge in [-0.05, 0) is 37.9 Å². The van der Waals surface area contributed by atoms with Crippen molar-refractivity contribution < 1.29 is 9.53 Å². The highest BCUT2D eigenvalue weighted by atomic mass is 16.5. The highest BCUT2D eigenvalue weighted by Crippen LogP contribution is 2.29. The van der Waals surface area contributed by atoms with Crippen LogP contribution in [0, 0.1) is 0 Å². The molecule has 0 saturated carbocycles. The molecule has 126 valence electrons. The van der Waals surface area contributed by atoms with Crippen LogP contribution in [-0.2, 0) is 4.79 Å². The van der Waals surface area contributed by atoms with Crippen molar-refractivity contribution in [2.45, 2.75) is 31.8 Å². The fraction of sp³-hybridized carbons (Fsp3) is 0.350. The maximum absolute atomic E-state index is 12.2. The van der Waals surface area contributed by atoms with Gasteiger partial charge in [0.1, 0.15) is 5.75 Å². The van der Waals surface area contributed by atoms with E-state index in [0.29, 0.717) is 6.04 Å². The summed E-state index contributed by atoms with van der Waals surface area (Å²) in [4.78, 5) is 12.2. The zero-order valence-corrected chi connectivity index (χ0v) is 14.0. The third-order valence-corrected chi connectivity index (χ3v) is 4.32. The molecule has 24 heavy (non-hydrogen) atoms. The molecule has 1 aliphatic heterocycles. The number of benzene rings is 2. The van der Waals surface area contributed by atoms with Crippen LogP contribution in [0.1, 0.15) is 19.8 Å². The Morgan fingerprint density at radius 1 is 1.17 bits per heavy atom. The van der Waals surface area contributed by atoms with Gasteiger partial charge in [-0.1, -0.05) is 48.5 Å². The Hall–Kier alpha value is -2.33. The number of carbonyl (C=O) groups is 1. The number of hydrogen-bond donors (Lipinski definition) is 2. The highest BCUT2D eigenvalue weighted by molar-refractivity contribution is 5.78. The number of rotatable bonds is 5. The molecular formula is C20H24N2O2.